The first-order valence-electron chi connectivity index (χ1n) is 9.88. The number of carbonyl (C=O) groups is 2. The largest absolute Gasteiger partial charge is 0.293 e. The lowest BCUT2D eigenvalue weighted by Gasteiger charge is -2.07. The highest BCUT2D eigenvalue weighted by atomic mass is 32.1. The predicted molar refractivity (Wildman–Crippen MR) is 123 cm³/mol. The topological polar surface area (TPSA) is 46.5 Å². The number of Topliss-reactive ketones (excluding diaryl/α,β-unsaturated/α-hetero) is 2. The number of hydrogen-bond donors (Lipinski definition) is 0. The first-order valence-corrected chi connectivity index (χ1v) is 10.7. The van der Waals surface area contributed by atoms with Crippen molar-refractivity contribution in [3.8, 4) is 11.1 Å². The number of ketones is 2. The SMILES string of the molecule is CC(=O)C1=NCc2cc(-c3ccc(CC(=O)c4cc5ccccc5s4)cc3)ccc21. The van der Waals surface area contributed by atoms with Crippen LogP contribution in [0.15, 0.2) is 77.8 Å². The normalized spacial score (nSPS) is 12.6. The zero-order valence-electron chi connectivity index (χ0n) is 16.5. The quantitative estimate of drug-likeness (QED) is 0.386. The van der Waals surface area contributed by atoms with E-state index in [4.69, 9.17) is 0 Å². The van der Waals surface area contributed by atoms with Gasteiger partial charge in [0.05, 0.1) is 11.4 Å². The van der Waals surface area contributed by atoms with Gasteiger partial charge in [-0.05, 0) is 45.8 Å². The van der Waals surface area contributed by atoms with Gasteiger partial charge in [0.1, 0.15) is 5.71 Å². The minimum Gasteiger partial charge on any atom is -0.293 e. The van der Waals surface area contributed by atoms with Crippen LogP contribution in [0.25, 0.3) is 21.2 Å². The Labute approximate surface area is 178 Å². The first kappa shape index (κ1) is 18.6. The fourth-order valence-electron chi connectivity index (χ4n) is 3.89. The maximum atomic E-state index is 12.7. The number of carbonyl (C=O) groups excluding carboxylic acids is 2. The fourth-order valence-corrected chi connectivity index (χ4v) is 4.89. The Morgan fingerprint density at radius 3 is 2.47 bits per heavy atom. The average Bonchev–Trinajstić information content (AvgIpc) is 3.38. The highest BCUT2D eigenvalue weighted by molar-refractivity contribution is 7.20. The van der Waals surface area contributed by atoms with Crippen molar-refractivity contribution in [2.75, 3.05) is 0 Å². The van der Waals surface area contributed by atoms with Crippen molar-refractivity contribution in [2.24, 2.45) is 4.99 Å². The van der Waals surface area contributed by atoms with Gasteiger partial charge in [-0.3, -0.25) is 14.6 Å². The van der Waals surface area contributed by atoms with E-state index in [1.54, 1.807) is 18.3 Å². The molecule has 146 valence electrons. The molecule has 0 N–H and O–H groups in total. The van der Waals surface area contributed by atoms with E-state index in [1.807, 2.05) is 54.6 Å². The number of thiophene rings is 1. The third kappa shape index (κ3) is 3.40. The van der Waals surface area contributed by atoms with Gasteiger partial charge < -0.3 is 0 Å². The molecular formula is C26H19NO2S. The lowest BCUT2D eigenvalue weighted by molar-refractivity contribution is -0.111. The first-order chi connectivity index (χ1) is 14.6. The van der Waals surface area contributed by atoms with Crippen LogP contribution in [0.3, 0.4) is 0 Å². The van der Waals surface area contributed by atoms with Crippen molar-refractivity contribution in [2.45, 2.75) is 19.9 Å². The summed E-state index contributed by atoms with van der Waals surface area (Å²) in [5.74, 6) is 0.157. The molecule has 0 saturated heterocycles. The minimum absolute atomic E-state index is 0.00848. The van der Waals surface area contributed by atoms with Crippen LogP contribution >= 0.6 is 11.3 Å². The van der Waals surface area contributed by atoms with Crippen molar-refractivity contribution in [3.05, 3.63) is 94.4 Å². The van der Waals surface area contributed by atoms with E-state index >= 15 is 0 Å². The van der Waals surface area contributed by atoms with Crippen LogP contribution in [0.5, 0.6) is 0 Å². The highest BCUT2D eigenvalue weighted by Gasteiger charge is 2.19. The van der Waals surface area contributed by atoms with E-state index in [9.17, 15) is 9.59 Å². The van der Waals surface area contributed by atoms with E-state index in [-0.39, 0.29) is 11.6 Å². The maximum Gasteiger partial charge on any atom is 0.178 e. The van der Waals surface area contributed by atoms with Crippen LogP contribution in [-0.4, -0.2) is 17.3 Å². The number of benzene rings is 3. The molecular weight excluding hydrogens is 390 g/mol. The Kier molecular flexibility index (Phi) is 4.64. The lowest BCUT2D eigenvalue weighted by Crippen LogP contribution is -2.08. The molecule has 3 aromatic carbocycles. The molecule has 0 amide bonds. The summed E-state index contributed by atoms with van der Waals surface area (Å²) in [5, 5.41) is 1.12. The van der Waals surface area contributed by atoms with Crippen LogP contribution in [0.1, 0.15) is 33.3 Å². The predicted octanol–water partition coefficient (Wildman–Crippen LogP) is 5.89. The van der Waals surface area contributed by atoms with Gasteiger partial charge in [0.15, 0.2) is 11.6 Å². The van der Waals surface area contributed by atoms with Crippen LogP contribution in [0, 0.1) is 0 Å². The molecule has 5 rings (SSSR count). The van der Waals surface area contributed by atoms with E-state index < -0.39 is 0 Å². The Hall–Kier alpha value is -3.37. The Bertz CT molecular complexity index is 1300. The van der Waals surface area contributed by atoms with Crippen LogP contribution in [0.4, 0.5) is 0 Å². The van der Waals surface area contributed by atoms with Gasteiger partial charge in [0.25, 0.3) is 0 Å². The summed E-state index contributed by atoms with van der Waals surface area (Å²) in [6.07, 6.45) is 0.396. The third-order valence-electron chi connectivity index (χ3n) is 5.45. The van der Waals surface area contributed by atoms with E-state index in [0.717, 1.165) is 42.8 Å². The van der Waals surface area contributed by atoms with Crippen molar-refractivity contribution in [1.82, 2.24) is 0 Å². The van der Waals surface area contributed by atoms with Crippen LogP contribution in [0.2, 0.25) is 0 Å². The molecule has 3 nitrogen and oxygen atoms in total. The molecule has 1 aromatic heterocycles. The number of rotatable bonds is 5. The molecule has 0 radical (unpaired) electrons. The second-order valence-electron chi connectivity index (χ2n) is 7.54. The number of nitrogens with zero attached hydrogens (tertiary/aromatic N) is 1. The molecule has 30 heavy (non-hydrogen) atoms. The van der Waals surface area contributed by atoms with E-state index in [1.165, 1.54) is 0 Å². The zero-order valence-corrected chi connectivity index (χ0v) is 17.3. The lowest BCUT2D eigenvalue weighted by atomic mass is 9.96. The van der Waals surface area contributed by atoms with Crippen molar-refractivity contribution in [3.63, 3.8) is 0 Å². The molecule has 0 bridgehead atoms. The van der Waals surface area contributed by atoms with Crippen molar-refractivity contribution < 1.29 is 9.59 Å². The summed E-state index contributed by atoms with van der Waals surface area (Å²) >= 11 is 1.55. The molecule has 4 heteroatoms. The summed E-state index contributed by atoms with van der Waals surface area (Å²) < 4.78 is 1.14. The van der Waals surface area contributed by atoms with Crippen molar-refractivity contribution in [1.29, 1.82) is 0 Å². The summed E-state index contributed by atoms with van der Waals surface area (Å²) in [7, 11) is 0. The Morgan fingerprint density at radius 1 is 0.933 bits per heavy atom. The number of hydrogen-bond acceptors (Lipinski definition) is 4. The fraction of sp³-hybridized carbons (Fsp3) is 0.115. The molecule has 1 aliphatic heterocycles. The van der Waals surface area contributed by atoms with Crippen LogP contribution in [-0.2, 0) is 17.8 Å². The van der Waals surface area contributed by atoms with Gasteiger partial charge in [-0.2, -0.15) is 0 Å². The molecule has 0 aliphatic carbocycles. The monoisotopic (exact) mass is 409 g/mol. The highest BCUT2D eigenvalue weighted by Crippen LogP contribution is 2.29. The summed E-state index contributed by atoms with van der Waals surface area (Å²) in [6.45, 7) is 2.11. The smallest absolute Gasteiger partial charge is 0.178 e. The van der Waals surface area contributed by atoms with Crippen molar-refractivity contribution >= 4 is 38.7 Å². The third-order valence-corrected chi connectivity index (χ3v) is 6.61. The zero-order chi connectivity index (χ0) is 20.7. The Balaban J connectivity index is 1.33. The summed E-state index contributed by atoms with van der Waals surface area (Å²) in [4.78, 5) is 29.6. The minimum atomic E-state index is 0.00848. The molecule has 0 saturated carbocycles. The van der Waals surface area contributed by atoms with Gasteiger partial charge in [-0.25, -0.2) is 0 Å². The summed E-state index contributed by atoms with van der Waals surface area (Å²) in [5.41, 5.74) is 5.79. The maximum absolute atomic E-state index is 12.7. The number of fused-ring (bicyclic) bond motifs is 2. The van der Waals surface area contributed by atoms with E-state index in [0.29, 0.717) is 18.7 Å². The van der Waals surface area contributed by atoms with Gasteiger partial charge in [0, 0.05) is 23.6 Å². The second-order valence-corrected chi connectivity index (χ2v) is 8.62. The molecule has 4 aromatic rings. The van der Waals surface area contributed by atoms with Gasteiger partial charge in [-0.1, -0.05) is 54.6 Å². The number of aliphatic imine (C=N–C) groups is 1. The molecule has 0 atom stereocenters. The molecule has 0 spiro atoms. The van der Waals surface area contributed by atoms with Crippen LogP contribution < -0.4 is 0 Å². The van der Waals surface area contributed by atoms with E-state index in [2.05, 4.69) is 23.2 Å². The summed E-state index contributed by atoms with van der Waals surface area (Å²) in [6, 6.07) is 24.3. The molecule has 1 aliphatic rings. The van der Waals surface area contributed by atoms with Gasteiger partial charge >= 0.3 is 0 Å². The molecule has 0 unspecified atom stereocenters. The second kappa shape index (κ2) is 7.47. The molecule has 0 fully saturated rings. The van der Waals surface area contributed by atoms with Gasteiger partial charge in [0.2, 0.25) is 0 Å². The average molecular weight is 410 g/mol. The van der Waals surface area contributed by atoms with Gasteiger partial charge in [-0.15, -0.1) is 11.3 Å². The Morgan fingerprint density at radius 2 is 1.70 bits per heavy atom. The molecule has 2 heterocycles. The standard InChI is InChI=1S/C26H19NO2S/c1-16(28)26-22-11-10-19(13-21(22)15-27-26)18-8-6-17(7-9-18)12-23(29)25-14-20-4-2-3-5-24(20)30-25/h2-11,13-14H,12,15H2,1H3.